The summed E-state index contributed by atoms with van der Waals surface area (Å²) in [4.78, 5) is 34.8. The molecule has 1 fully saturated rings. The van der Waals surface area contributed by atoms with Gasteiger partial charge in [-0.05, 0) is 49.9 Å². The van der Waals surface area contributed by atoms with Gasteiger partial charge in [0.2, 0.25) is 5.91 Å². The van der Waals surface area contributed by atoms with Crippen LogP contribution in [0.4, 0.5) is 4.39 Å². The summed E-state index contributed by atoms with van der Waals surface area (Å²) in [6.45, 7) is 2.60. The Balaban J connectivity index is 1.83. The third-order valence-corrected chi connectivity index (χ3v) is 5.17. The average Bonchev–Trinajstić information content (AvgIpc) is 2.76. The van der Waals surface area contributed by atoms with Crippen molar-refractivity contribution in [2.24, 2.45) is 0 Å². The predicted molar refractivity (Wildman–Crippen MR) is 108 cm³/mol. The van der Waals surface area contributed by atoms with Crippen LogP contribution >= 0.6 is 0 Å². The second kappa shape index (κ2) is 10.1. The second-order valence-electron chi connectivity index (χ2n) is 7.34. The highest BCUT2D eigenvalue weighted by Crippen LogP contribution is 2.30. The zero-order valence-electron chi connectivity index (χ0n) is 17.0. The van der Waals surface area contributed by atoms with Crippen LogP contribution in [0.2, 0.25) is 0 Å². The number of hydrogen-bond donors (Lipinski definition) is 1. The lowest BCUT2D eigenvalue weighted by atomic mass is 10.00. The van der Waals surface area contributed by atoms with Crippen LogP contribution in [0.5, 0.6) is 5.75 Å². The number of ether oxygens (including phenoxy) is 1. The topological polar surface area (TPSA) is 92.6 Å². The Morgan fingerprint density at radius 3 is 2.73 bits per heavy atom. The van der Waals surface area contributed by atoms with Crippen molar-refractivity contribution in [1.29, 1.82) is 0 Å². The Bertz CT molecular complexity index is 888. The first kappa shape index (κ1) is 21.7. The van der Waals surface area contributed by atoms with E-state index in [-0.39, 0.29) is 35.6 Å². The number of aromatic nitrogens is 2. The SMILES string of the molecule is CCCCC(=O)N1CCCCC1c1ncc(C(=O)O)c(COc2ccc(F)cc2)n1. The molecule has 0 radical (unpaired) electrons. The van der Waals surface area contributed by atoms with Crippen molar-refractivity contribution in [3.05, 3.63) is 53.4 Å². The van der Waals surface area contributed by atoms with E-state index in [9.17, 15) is 19.1 Å². The molecule has 1 atom stereocenters. The minimum absolute atomic E-state index is 0.0551. The first-order valence-electron chi connectivity index (χ1n) is 10.3. The number of likely N-dealkylation sites (tertiary alicyclic amines) is 1. The lowest BCUT2D eigenvalue weighted by Gasteiger charge is -2.35. The van der Waals surface area contributed by atoms with E-state index in [0.717, 1.165) is 32.1 Å². The average molecular weight is 415 g/mol. The maximum Gasteiger partial charge on any atom is 0.339 e. The van der Waals surface area contributed by atoms with Crippen molar-refractivity contribution in [3.8, 4) is 5.75 Å². The van der Waals surface area contributed by atoms with E-state index in [4.69, 9.17) is 4.74 Å². The van der Waals surface area contributed by atoms with Gasteiger partial charge in [-0.1, -0.05) is 13.3 Å². The number of aromatic carboxylic acids is 1. The first-order valence-corrected chi connectivity index (χ1v) is 10.3. The number of carbonyl (C=O) groups excluding carboxylic acids is 1. The van der Waals surface area contributed by atoms with Gasteiger partial charge in [0.15, 0.2) is 5.82 Å². The van der Waals surface area contributed by atoms with E-state index < -0.39 is 5.97 Å². The highest BCUT2D eigenvalue weighted by molar-refractivity contribution is 5.88. The molecule has 2 heterocycles. The Morgan fingerprint density at radius 1 is 1.27 bits per heavy atom. The number of carboxylic acids is 1. The van der Waals surface area contributed by atoms with Crippen LogP contribution in [-0.2, 0) is 11.4 Å². The van der Waals surface area contributed by atoms with E-state index in [1.807, 2.05) is 11.8 Å². The number of halogens is 1. The molecule has 0 spiro atoms. The maximum atomic E-state index is 13.1. The molecule has 1 N–H and O–H groups in total. The smallest absolute Gasteiger partial charge is 0.339 e. The number of piperidine rings is 1. The minimum Gasteiger partial charge on any atom is -0.487 e. The lowest BCUT2D eigenvalue weighted by Crippen LogP contribution is -2.39. The molecule has 1 aliphatic rings. The molecule has 0 aliphatic carbocycles. The summed E-state index contributed by atoms with van der Waals surface area (Å²) < 4.78 is 18.7. The van der Waals surface area contributed by atoms with Crippen LogP contribution in [0.3, 0.4) is 0 Å². The predicted octanol–water partition coefficient (Wildman–Crippen LogP) is 4.14. The molecule has 1 aromatic heterocycles. The molecule has 0 saturated carbocycles. The molecule has 0 bridgehead atoms. The number of hydrogen-bond acceptors (Lipinski definition) is 5. The fourth-order valence-corrected chi connectivity index (χ4v) is 3.53. The monoisotopic (exact) mass is 415 g/mol. The number of carboxylic acid groups (broad SMARTS) is 1. The van der Waals surface area contributed by atoms with Crippen molar-refractivity contribution in [3.63, 3.8) is 0 Å². The summed E-state index contributed by atoms with van der Waals surface area (Å²) in [6, 6.07) is 5.19. The summed E-state index contributed by atoms with van der Waals surface area (Å²) >= 11 is 0. The molecule has 1 amide bonds. The zero-order valence-corrected chi connectivity index (χ0v) is 17.0. The van der Waals surface area contributed by atoms with Gasteiger partial charge < -0.3 is 14.7 Å². The Kier molecular flexibility index (Phi) is 7.32. The summed E-state index contributed by atoms with van der Waals surface area (Å²) in [7, 11) is 0. The molecule has 1 aliphatic heterocycles. The number of carbonyl (C=O) groups is 2. The Morgan fingerprint density at radius 2 is 2.03 bits per heavy atom. The first-order chi connectivity index (χ1) is 14.5. The van der Waals surface area contributed by atoms with Crippen molar-refractivity contribution in [1.82, 2.24) is 14.9 Å². The van der Waals surface area contributed by atoms with Crippen molar-refractivity contribution < 1.29 is 23.8 Å². The molecule has 2 aromatic rings. The number of rotatable bonds is 8. The number of unbranched alkanes of at least 4 members (excludes halogenated alkanes) is 1. The Labute approximate surface area is 174 Å². The third-order valence-electron chi connectivity index (χ3n) is 5.17. The third kappa shape index (κ3) is 5.31. The fourth-order valence-electron chi connectivity index (χ4n) is 3.53. The van der Waals surface area contributed by atoms with Gasteiger partial charge in [-0.15, -0.1) is 0 Å². The van der Waals surface area contributed by atoms with Crippen molar-refractivity contribution in [2.45, 2.75) is 58.1 Å². The highest BCUT2D eigenvalue weighted by atomic mass is 19.1. The van der Waals surface area contributed by atoms with Gasteiger partial charge in [0.25, 0.3) is 0 Å². The van der Waals surface area contributed by atoms with Gasteiger partial charge in [-0.3, -0.25) is 4.79 Å². The van der Waals surface area contributed by atoms with Gasteiger partial charge in [-0.2, -0.15) is 0 Å². The van der Waals surface area contributed by atoms with Crippen LogP contribution < -0.4 is 4.74 Å². The molecular formula is C22H26FN3O4. The van der Waals surface area contributed by atoms with E-state index in [1.165, 1.54) is 30.5 Å². The summed E-state index contributed by atoms with van der Waals surface area (Å²) in [5, 5.41) is 9.49. The van der Waals surface area contributed by atoms with E-state index in [2.05, 4.69) is 9.97 Å². The molecular weight excluding hydrogens is 389 g/mol. The molecule has 1 saturated heterocycles. The van der Waals surface area contributed by atoms with Gasteiger partial charge in [0, 0.05) is 19.2 Å². The minimum atomic E-state index is -1.15. The lowest BCUT2D eigenvalue weighted by molar-refractivity contribution is -0.135. The molecule has 1 unspecified atom stereocenters. The van der Waals surface area contributed by atoms with Crippen LogP contribution in [0.25, 0.3) is 0 Å². The highest BCUT2D eigenvalue weighted by Gasteiger charge is 2.30. The summed E-state index contributed by atoms with van der Waals surface area (Å²) in [6.07, 6.45) is 6.16. The molecule has 3 rings (SSSR count). The van der Waals surface area contributed by atoms with Crippen LogP contribution in [-0.4, -0.2) is 38.4 Å². The van der Waals surface area contributed by atoms with Crippen LogP contribution in [0, 0.1) is 5.82 Å². The molecule has 1 aromatic carbocycles. The van der Waals surface area contributed by atoms with Crippen molar-refractivity contribution >= 4 is 11.9 Å². The number of benzene rings is 1. The quantitative estimate of drug-likeness (QED) is 0.697. The summed E-state index contributed by atoms with van der Waals surface area (Å²) in [5.41, 5.74) is 0.170. The van der Waals surface area contributed by atoms with Crippen LogP contribution in [0.1, 0.15) is 73.4 Å². The summed E-state index contributed by atoms with van der Waals surface area (Å²) in [5.74, 6) is -0.623. The van der Waals surface area contributed by atoms with Gasteiger partial charge in [-0.25, -0.2) is 19.2 Å². The molecule has 160 valence electrons. The molecule has 7 nitrogen and oxygen atoms in total. The Hall–Kier alpha value is -3.03. The van der Waals surface area contributed by atoms with Gasteiger partial charge in [0.05, 0.1) is 11.7 Å². The van der Waals surface area contributed by atoms with Gasteiger partial charge in [0.1, 0.15) is 23.7 Å². The normalized spacial score (nSPS) is 16.3. The second-order valence-corrected chi connectivity index (χ2v) is 7.34. The van der Waals surface area contributed by atoms with Crippen molar-refractivity contribution in [2.75, 3.05) is 6.54 Å². The standard InChI is InChI=1S/C22H26FN3O4/c1-2-3-7-20(27)26-12-5-4-6-19(26)21-24-13-17(22(28)29)18(25-21)14-30-16-10-8-15(23)9-11-16/h8-11,13,19H,2-7,12,14H2,1H3,(H,28,29). The van der Waals surface area contributed by atoms with E-state index in [1.54, 1.807) is 0 Å². The fraction of sp³-hybridized carbons (Fsp3) is 0.455. The van der Waals surface area contributed by atoms with Crippen LogP contribution in [0.15, 0.2) is 30.5 Å². The molecule has 30 heavy (non-hydrogen) atoms. The maximum absolute atomic E-state index is 13.1. The van der Waals surface area contributed by atoms with E-state index in [0.29, 0.717) is 24.5 Å². The molecule has 8 heteroatoms. The largest absolute Gasteiger partial charge is 0.487 e. The number of amides is 1. The van der Waals surface area contributed by atoms with E-state index >= 15 is 0 Å². The zero-order chi connectivity index (χ0) is 21.5. The number of nitrogens with zero attached hydrogens (tertiary/aromatic N) is 3. The van der Waals surface area contributed by atoms with Gasteiger partial charge >= 0.3 is 5.97 Å².